The van der Waals surface area contributed by atoms with Crippen molar-refractivity contribution in [3.63, 3.8) is 0 Å². The number of nitrogens with zero attached hydrogens (tertiary/aromatic N) is 3. The van der Waals surface area contributed by atoms with Crippen molar-refractivity contribution in [1.82, 2.24) is 15.2 Å². The number of anilines is 2. The van der Waals surface area contributed by atoms with Crippen molar-refractivity contribution < 1.29 is 14.0 Å². The highest BCUT2D eigenvalue weighted by Crippen LogP contribution is 2.23. The number of benzene rings is 1. The first kappa shape index (κ1) is 22.1. The number of piperazine rings is 1. The number of pyridine rings is 1. The number of rotatable bonds is 6. The van der Waals surface area contributed by atoms with Crippen LogP contribution in [0.3, 0.4) is 0 Å². The van der Waals surface area contributed by atoms with E-state index in [0.29, 0.717) is 66.4 Å². The molecule has 1 saturated heterocycles. The number of carbonyl (C=O) groups excluding carboxylic acids is 2. The normalized spacial score (nSPS) is 13.9. The Morgan fingerprint density at radius 1 is 1.13 bits per heavy atom. The highest BCUT2D eigenvalue weighted by atomic mass is 35.5. The second-order valence-corrected chi connectivity index (χ2v) is 7.68. The predicted molar refractivity (Wildman–Crippen MR) is 116 cm³/mol. The fourth-order valence-electron chi connectivity index (χ4n) is 3.14. The molecule has 160 valence electrons. The largest absolute Gasteiger partial charge is 0.367 e. The number of hydrogen-bond donors (Lipinski definition) is 2. The maximum absolute atomic E-state index is 14.3. The van der Waals surface area contributed by atoms with Crippen molar-refractivity contribution in [2.24, 2.45) is 0 Å². The molecule has 1 fully saturated rings. The number of carbonyl (C=O) groups is 2. The first-order valence-electron chi connectivity index (χ1n) is 9.48. The summed E-state index contributed by atoms with van der Waals surface area (Å²) in [6.07, 6.45) is 1.49. The Kier molecular flexibility index (Phi) is 7.33. The average molecular weight is 454 g/mol. The Morgan fingerprint density at radius 2 is 1.87 bits per heavy atom. The van der Waals surface area contributed by atoms with Crippen LogP contribution in [0.4, 0.5) is 20.7 Å². The third-order valence-corrected chi connectivity index (χ3v) is 5.26. The first-order valence-corrected chi connectivity index (χ1v) is 10.2. The Bertz CT molecular complexity index is 935. The summed E-state index contributed by atoms with van der Waals surface area (Å²) in [5, 5.41) is 6.74. The number of Topliss-reactive ketones (excluding diaryl/α,β-unsaturated/α-hetero) is 1. The Labute approximate surface area is 184 Å². The van der Waals surface area contributed by atoms with Gasteiger partial charge in [0.1, 0.15) is 11.6 Å². The highest BCUT2D eigenvalue weighted by Gasteiger charge is 2.23. The molecule has 0 radical (unpaired) electrons. The van der Waals surface area contributed by atoms with Crippen LogP contribution < -0.4 is 15.5 Å². The monoisotopic (exact) mass is 453 g/mol. The molecular formula is C20H22Cl2FN5O2. The van der Waals surface area contributed by atoms with E-state index in [2.05, 4.69) is 15.6 Å². The van der Waals surface area contributed by atoms with Crippen LogP contribution in [-0.4, -0.2) is 61.0 Å². The quantitative estimate of drug-likeness (QED) is 0.515. The van der Waals surface area contributed by atoms with Gasteiger partial charge in [0, 0.05) is 51.0 Å². The maximum atomic E-state index is 14.3. The second-order valence-electron chi connectivity index (χ2n) is 6.84. The van der Waals surface area contributed by atoms with Gasteiger partial charge in [0.25, 0.3) is 0 Å². The molecule has 1 aliphatic rings. The van der Waals surface area contributed by atoms with Gasteiger partial charge in [-0.15, -0.1) is 0 Å². The van der Waals surface area contributed by atoms with Crippen molar-refractivity contribution >= 4 is 46.5 Å². The van der Waals surface area contributed by atoms with Gasteiger partial charge in [0.15, 0.2) is 5.78 Å². The lowest BCUT2D eigenvalue weighted by molar-refractivity contribution is 0.101. The molecule has 0 saturated carbocycles. The van der Waals surface area contributed by atoms with Crippen LogP contribution in [0.2, 0.25) is 10.0 Å². The van der Waals surface area contributed by atoms with Gasteiger partial charge < -0.3 is 20.4 Å². The molecule has 0 atom stereocenters. The zero-order chi connectivity index (χ0) is 21.7. The molecule has 10 heteroatoms. The van der Waals surface area contributed by atoms with E-state index in [1.54, 1.807) is 23.1 Å². The minimum Gasteiger partial charge on any atom is -0.367 e. The highest BCUT2D eigenvalue weighted by molar-refractivity contribution is 6.35. The van der Waals surface area contributed by atoms with Crippen molar-refractivity contribution in [2.45, 2.75) is 6.92 Å². The third-order valence-electron chi connectivity index (χ3n) is 4.76. The number of halogens is 3. The molecule has 2 aromatic rings. The molecular weight excluding hydrogens is 432 g/mol. The second kappa shape index (κ2) is 9.95. The molecule has 0 aliphatic carbocycles. The molecule has 1 aromatic heterocycles. The fraction of sp³-hybridized carbons (Fsp3) is 0.350. The third kappa shape index (κ3) is 5.52. The van der Waals surface area contributed by atoms with Crippen LogP contribution in [0, 0.1) is 5.82 Å². The lowest BCUT2D eigenvalue weighted by Crippen LogP contribution is -2.52. The summed E-state index contributed by atoms with van der Waals surface area (Å²) in [5.74, 6) is -0.103. The summed E-state index contributed by atoms with van der Waals surface area (Å²) >= 11 is 11.8. The molecule has 3 rings (SSSR count). The molecule has 0 spiro atoms. The molecule has 1 aromatic carbocycles. The summed E-state index contributed by atoms with van der Waals surface area (Å²) in [7, 11) is 0. The smallest absolute Gasteiger partial charge is 0.317 e. The van der Waals surface area contributed by atoms with E-state index in [9.17, 15) is 14.0 Å². The SMILES string of the molecule is CC(=O)c1ccc(N2CCN(C(=O)NCCNc3ncc(Cl)cc3Cl)CC2)c(F)c1. The van der Waals surface area contributed by atoms with Crippen LogP contribution >= 0.6 is 23.2 Å². The summed E-state index contributed by atoms with van der Waals surface area (Å²) in [6.45, 7) is 4.20. The molecule has 2 N–H and O–H groups in total. The van der Waals surface area contributed by atoms with E-state index >= 15 is 0 Å². The molecule has 0 bridgehead atoms. The van der Waals surface area contributed by atoms with Gasteiger partial charge in [0.2, 0.25) is 0 Å². The van der Waals surface area contributed by atoms with Gasteiger partial charge in [-0.25, -0.2) is 14.2 Å². The van der Waals surface area contributed by atoms with Crippen molar-refractivity contribution in [2.75, 3.05) is 49.5 Å². The van der Waals surface area contributed by atoms with Gasteiger partial charge in [-0.1, -0.05) is 23.2 Å². The molecule has 1 aliphatic heterocycles. The number of amides is 2. The number of urea groups is 1. The average Bonchev–Trinajstić information content (AvgIpc) is 2.72. The molecule has 30 heavy (non-hydrogen) atoms. The first-order chi connectivity index (χ1) is 14.3. The number of nitrogens with one attached hydrogen (secondary N) is 2. The minimum absolute atomic E-state index is 0.175. The summed E-state index contributed by atoms with van der Waals surface area (Å²) < 4.78 is 14.3. The van der Waals surface area contributed by atoms with Crippen LogP contribution in [-0.2, 0) is 0 Å². The molecule has 2 amide bonds. The lowest BCUT2D eigenvalue weighted by atomic mass is 10.1. The predicted octanol–water partition coefficient (Wildman–Crippen LogP) is 3.67. The van der Waals surface area contributed by atoms with Crippen LogP contribution in [0.1, 0.15) is 17.3 Å². The zero-order valence-electron chi connectivity index (χ0n) is 16.4. The Hall–Kier alpha value is -2.58. The fourth-order valence-corrected chi connectivity index (χ4v) is 3.59. The zero-order valence-corrected chi connectivity index (χ0v) is 17.9. The van der Waals surface area contributed by atoms with E-state index in [4.69, 9.17) is 23.2 Å². The van der Waals surface area contributed by atoms with Crippen LogP contribution in [0.5, 0.6) is 0 Å². The van der Waals surface area contributed by atoms with Gasteiger partial charge in [0.05, 0.1) is 15.7 Å². The van der Waals surface area contributed by atoms with E-state index < -0.39 is 5.82 Å². The summed E-state index contributed by atoms with van der Waals surface area (Å²) in [6, 6.07) is 5.90. The van der Waals surface area contributed by atoms with Crippen LogP contribution in [0.25, 0.3) is 0 Å². The lowest BCUT2D eigenvalue weighted by Gasteiger charge is -2.36. The Morgan fingerprint density at radius 3 is 2.50 bits per heavy atom. The van der Waals surface area contributed by atoms with Gasteiger partial charge in [-0.05, 0) is 31.2 Å². The van der Waals surface area contributed by atoms with E-state index in [0.717, 1.165) is 0 Å². The minimum atomic E-state index is -0.429. The van der Waals surface area contributed by atoms with E-state index in [1.165, 1.54) is 19.2 Å². The summed E-state index contributed by atoms with van der Waals surface area (Å²) in [5.41, 5.74) is 0.787. The molecule has 0 unspecified atom stereocenters. The maximum Gasteiger partial charge on any atom is 0.317 e. The van der Waals surface area contributed by atoms with E-state index in [-0.39, 0.29) is 11.8 Å². The molecule has 7 nitrogen and oxygen atoms in total. The van der Waals surface area contributed by atoms with Crippen LogP contribution in [0.15, 0.2) is 30.5 Å². The molecule has 2 heterocycles. The number of hydrogen-bond acceptors (Lipinski definition) is 5. The van der Waals surface area contributed by atoms with Crippen molar-refractivity contribution in [3.05, 3.63) is 51.9 Å². The van der Waals surface area contributed by atoms with Crippen molar-refractivity contribution in [1.29, 1.82) is 0 Å². The standard InChI is InChI=1S/C20H22Cl2FN5O2/c1-13(29)14-2-3-18(17(23)10-14)27-6-8-28(9-7-27)20(30)25-5-4-24-19-16(22)11-15(21)12-26-19/h2-3,10-12H,4-9H2,1H3,(H,24,26)(H,25,30). The van der Waals surface area contributed by atoms with E-state index in [1.807, 2.05) is 4.90 Å². The number of aromatic nitrogens is 1. The van der Waals surface area contributed by atoms with Gasteiger partial charge in [-0.2, -0.15) is 0 Å². The van der Waals surface area contributed by atoms with Gasteiger partial charge >= 0.3 is 6.03 Å². The van der Waals surface area contributed by atoms with Crippen molar-refractivity contribution in [3.8, 4) is 0 Å². The number of ketones is 1. The summed E-state index contributed by atoms with van der Waals surface area (Å²) in [4.78, 5) is 31.4. The topological polar surface area (TPSA) is 77.6 Å². The Balaban J connectivity index is 1.43. The van der Waals surface area contributed by atoms with Gasteiger partial charge in [-0.3, -0.25) is 4.79 Å².